The highest BCUT2D eigenvalue weighted by Crippen LogP contribution is 2.43. The van der Waals surface area contributed by atoms with Crippen LogP contribution in [0.4, 0.5) is 0 Å². The third kappa shape index (κ3) is 43.3. The lowest BCUT2D eigenvalue weighted by Gasteiger charge is -2.19. The third-order valence-corrected chi connectivity index (χ3v) is 10.7. The monoisotopic (exact) mass is 836 g/mol. The van der Waals surface area contributed by atoms with E-state index in [1.807, 2.05) is 0 Å². The molecule has 0 aliphatic carbocycles. The second-order valence-corrected chi connectivity index (χ2v) is 16.7. The Hall–Kier alpha value is -2.29. The topological polar surface area (TPSA) is 134 Å². The van der Waals surface area contributed by atoms with Gasteiger partial charge in [0, 0.05) is 19.4 Å². The minimum atomic E-state index is -4.39. The van der Waals surface area contributed by atoms with Crippen molar-refractivity contribution in [3.8, 4) is 0 Å². The van der Waals surface area contributed by atoms with Crippen molar-refractivity contribution in [2.24, 2.45) is 5.73 Å². The van der Waals surface area contributed by atoms with Crippen LogP contribution in [0.2, 0.25) is 0 Å². The molecule has 0 spiro atoms. The van der Waals surface area contributed by atoms with Crippen LogP contribution in [0.1, 0.15) is 200 Å². The lowest BCUT2D eigenvalue weighted by molar-refractivity contribution is -0.161. The molecular weight excluding hydrogens is 750 g/mol. The number of carbonyl (C=O) groups excluding carboxylic acids is 2. The molecule has 2 unspecified atom stereocenters. The van der Waals surface area contributed by atoms with E-state index in [2.05, 4.69) is 74.6 Å². The number of phosphoric ester groups is 1. The van der Waals surface area contributed by atoms with Crippen LogP contribution >= 0.6 is 7.82 Å². The second kappa shape index (κ2) is 44.3. The fraction of sp³-hybridized carbons (Fsp3) is 0.750. The molecule has 0 aromatic heterocycles. The molecule has 0 radical (unpaired) electrons. The summed E-state index contributed by atoms with van der Waals surface area (Å²) in [7, 11) is -4.39. The number of carbonyl (C=O) groups is 2. The molecule has 2 atom stereocenters. The van der Waals surface area contributed by atoms with E-state index >= 15 is 0 Å². The Labute approximate surface area is 355 Å². The summed E-state index contributed by atoms with van der Waals surface area (Å²) in [6.45, 7) is 3.59. The number of hydrogen-bond donors (Lipinski definition) is 2. The fourth-order valence-electron chi connectivity index (χ4n) is 6.25. The highest BCUT2D eigenvalue weighted by Gasteiger charge is 2.26. The SMILES string of the molecule is CC/C=C\C/C=C\C/C=C\C/C=C\C/C=C\CCCCCC(=O)OC(COC(=O)CCCCCCCCCCCCCCCCCCCC)COP(=O)(O)OCCN. The minimum absolute atomic E-state index is 0.0461. The maximum Gasteiger partial charge on any atom is 0.472 e. The number of rotatable bonds is 43. The highest BCUT2D eigenvalue weighted by molar-refractivity contribution is 7.47. The molecule has 0 fully saturated rings. The van der Waals surface area contributed by atoms with Gasteiger partial charge in [0.2, 0.25) is 0 Å². The van der Waals surface area contributed by atoms with Crippen molar-refractivity contribution in [2.75, 3.05) is 26.4 Å². The maximum absolute atomic E-state index is 12.6. The predicted octanol–water partition coefficient (Wildman–Crippen LogP) is 13.7. The van der Waals surface area contributed by atoms with E-state index in [9.17, 15) is 19.0 Å². The van der Waals surface area contributed by atoms with E-state index in [1.165, 1.54) is 96.3 Å². The summed E-state index contributed by atoms with van der Waals surface area (Å²) in [4.78, 5) is 34.9. The summed E-state index contributed by atoms with van der Waals surface area (Å²) in [6.07, 6.45) is 52.5. The summed E-state index contributed by atoms with van der Waals surface area (Å²) in [5.74, 6) is -0.863. The molecule has 0 rings (SSSR count). The van der Waals surface area contributed by atoms with Crippen molar-refractivity contribution in [3.63, 3.8) is 0 Å². The largest absolute Gasteiger partial charge is 0.472 e. The first-order valence-corrected chi connectivity index (χ1v) is 24.8. The van der Waals surface area contributed by atoms with Gasteiger partial charge in [-0.2, -0.15) is 0 Å². The van der Waals surface area contributed by atoms with E-state index in [0.717, 1.165) is 70.6 Å². The normalized spacial score (nSPS) is 13.8. The first-order valence-electron chi connectivity index (χ1n) is 23.3. The van der Waals surface area contributed by atoms with Crippen LogP contribution in [0.3, 0.4) is 0 Å². The second-order valence-electron chi connectivity index (χ2n) is 15.2. The average Bonchev–Trinajstić information content (AvgIpc) is 3.21. The van der Waals surface area contributed by atoms with Gasteiger partial charge >= 0.3 is 19.8 Å². The molecular formula is C48H86NO8P. The molecule has 0 aromatic carbocycles. The Morgan fingerprint density at radius 1 is 0.534 bits per heavy atom. The summed E-state index contributed by atoms with van der Waals surface area (Å²) >= 11 is 0. The number of phosphoric acid groups is 1. The van der Waals surface area contributed by atoms with E-state index in [0.29, 0.717) is 6.42 Å². The summed E-state index contributed by atoms with van der Waals surface area (Å²) < 4.78 is 32.8. The van der Waals surface area contributed by atoms with Gasteiger partial charge in [-0.15, -0.1) is 0 Å². The molecule has 0 heterocycles. The lowest BCUT2D eigenvalue weighted by Crippen LogP contribution is -2.29. The molecule has 0 aliphatic heterocycles. The van der Waals surface area contributed by atoms with Gasteiger partial charge in [-0.1, -0.05) is 190 Å². The van der Waals surface area contributed by atoms with Gasteiger partial charge in [-0.25, -0.2) is 4.57 Å². The van der Waals surface area contributed by atoms with Crippen LogP contribution in [-0.4, -0.2) is 49.3 Å². The Balaban J connectivity index is 4.17. The Morgan fingerprint density at radius 3 is 1.41 bits per heavy atom. The molecule has 0 saturated heterocycles. The zero-order valence-corrected chi connectivity index (χ0v) is 37.9. The Bertz CT molecular complexity index is 1130. The summed E-state index contributed by atoms with van der Waals surface area (Å²) in [5.41, 5.74) is 5.35. The van der Waals surface area contributed by atoms with Crippen LogP contribution in [-0.2, 0) is 32.7 Å². The number of hydrogen-bond acceptors (Lipinski definition) is 8. The zero-order valence-electron chi connectivity index (χ0n) is 37.0. The summed E-state index contributed by atoms with van der Waals surface area (Å²) in [6, 6.07) is 0. The number of ether oxygens (including phenoxy) is 2. The van der Waals surface area contributed by atoms with Crippen molar-refractivity contribution in [2.45, 2.75) is 206 Å². The maximum atomic E-state index is 12.6. The van der Waals surface area contributed by atoms with Gasteiger partial charge in [0.15, 0.2) is 6.10 Å². The molecule has 336 valence electrons. The van der Waals surface area contributed by atoms with Crippen molar-refractivity contribution < 1.29 is 37.6 Å². The smallest absolute Gasteiger partial charge is 0.462 e. The van der Waals surface area contributed by atoms with Gasteiger partial charge < -0.3 is 20.1 Å². The lowest BCUT2D eigenvalue weighted by atomic mass is 10.0. The van der Waals surface area contributed by atoms with Crippen molar-refractivity contribution >= 4 is 19.8 Å². The summed E-state index contributed by atoms with van der Waals surface area (Å²) in [5, 5.41) is 0. The van der Waals surface area contributed by atoms with Crippen molar-refractivity contribution in [3.05, 3.63) is 60.8 Å². The number of esters is 2. The Kier molecular flexibility index (Phi) is 42.5. The quantitative estimate of drug-likeness (QED) is 0.0266. The van der Waals surface area contributed by atoms with Crippen molar-refractivity contribution in [1.29, 1.82) is 0 Å². The van der Waals surface area contributed by atoms with Gasteiger partial charge in [-0.05, 0) is 57.8 Å². The van der Waals surface area contributed by atoms with Gasteiger partial charge in [0.25, 0.3) is 0 Å². The zero-order chi connectivity index (χ0) is 42.5. The van der Waals surface area contributed by atoms with Crippen LogP contribution in [0.5, 0.6) is 0 Å². The third-order valence-electron chi connectivity index (χ3n) is 9.67. The number of allylic oxidation sites excluding steroid dienone is 10. The molecule has 0 bridgehead atoms. The van der Waals surface area contributed by atoms with Gasteiger partial charge in [0.05, 0.1) is 13.2 Å². The van der Waals surface area contributed by atoms with E-state index in [1.54, 1.807) is 0 Å². The molecule has 58 heavy (non-hydrogen) atoms. The van der Waals surface area contributed by atoms with Gasteiger partial charge in [-0.3, -0.25) is 18.6 Å². The van der Waals surface area contributed by atoms with Crippen LogP contribution in [0.15, 0.2) is 60.8 Å². The number of unbranched alkanes of at least 4 members (excludes halogenated alkanes) is 20. The fourth-order valence-corrected chi connectivity index (χ4v) is 7.01. The number of nitrogens with two attached hydrogens (primary N) is 1. The minimum Gasteiger partial charge on any atom is -0.462 e. The molecule has 0 aromatic rings. The predicted molar refractivity (Wildman–Crippen MR) is 243 cm³/mol. The Morgan fingerprint density at radius 2 is 0.948 bits per heavy atom. The van der Waals surface area contributed by atoms with Crippen molar-refractivity contribution in [1.82, 2.24) is 0 Å². The molecule has 10 heteroatoms. The molecule has 0 saturated carbocycles. The first kappa shape index (κ1) is 55.7. The highest BCUT2D eigenvalue weighted by atomic mass is 31.2. The average molecular weight is 836 g/mol. The molecule has 3 N–H and O–H groups in total. The van der Waals surface area contributed by atoms with Crippen LogP contribution in [0, 0.1) is 0 Å². The van der Waals surface area contributed by atoms with E-state index in [-0.39, 0.29) is 38.6 Å². The molecule has 0 aliphatic rings. The van der Waals surface area contributed by atoms with E-state index in [4.69, 9.17) is 24.3 Å². The van der Waals surface area contributed by atoms with Crippen LogP contribution in [0.25, 0.3) is 0 Å². The molecule has 0 amide bonds. The first-order chi connectivity index (χ1) is 28.3. The molecule has 9 nitrogen and oxygen atoms in total. The standard InChI is InChI=1S/C48H86NO8P/c1-3-5-7-9-11-13-15-17-19-21-23-25-27-29-31-33-35-37-39-41-48(51)57-46(45-56-58(52,53)55-43-42-49)44-54-47(50)40-38-36-34-32-30-28-26-24-22-20-18-16-14-12-10-8-6-4-2/h5,7,11,13,17,19,23,25,29,31,46H,3-4,6,8-10,12,14-16,18,20-22,24,26-28,30,32-45,49H2,1-2H3,(H,52,53)/b7-5-,13-11-,19-17-,25-23-,31-29-. The van der Waals surface area contributed by atoms with Crippen LogP contribution < -0.4 is 5.73 Å². The van der Waals surface area contributed by atoms with Gasteiger partial charge in [0.1, 0.15) is 6.61 Å². The van der Waals surface area contributed by atoms with E-state index < -0.39 is 26.5 Å².